The molecule has 0 saturated heterocycles. The molecule has 0 aliphatic heterocycles. The second-order valence-electron chi connectivity index (χ2n) is 5.14. The summed E-state index contributed by atoms with van der Waals surface area (Å²) in [4.78, 5) is 8.10. The van der Waals surface area contributed by atoms with Crippen molar-refractivity contribution in [1.82, 2.24) is 9.97 Å². The first-order valence-electron chi connectivity index (χ1n) is 5.96. The molecule has 1 rings (SSSR count). The van der Waals surface area contributed by atoms with Crippen molar-refractivity contribution in [2.24, 2.45) is 5.41 Å². The lowest BCUT2D eigenvalue weighted by Gasteiger charge is -2.19. The molecule has 0 spiro atoms. The van der Waals surface area contributed by atoms with E-state index in [9.17, 15) is 0 Å². The fourth-order valence-corrected chi connectivity index (χ4v) is 1.19. The molecule has 0 radical (unpaired) electrons. The van der Waals surface area contributed by atoms with Crippen molar-refractivity contribution >= 4 is 5.82 Å². The number of nitrogens with zero attached hydrogens (tertiary/aromatic N) is 3. The first-order chi connectivity index (χ1) is 8.46. The molecule has 0 fully saturated rings. The molecule has 0 aliphatic rings. The van der Waals surface area contributed by atoms with Gasteiger partial charge in [0.25, 0.3) is 0 Å². The Morgan fingerprint density at radius 3 is 2.67 bits per heavy atom. The van der Waals surface area contributed by atoms with Gasteiger partial charge in [0, 0.05) is 19.2 Å². The Labute approximate surface area is 108 Å². The lowest BCUT2D eigenvalue weighted by Crippen LogP contribution is -2.20. The zero-order chi connectivity index (χ0) is 13.6. The summed E-state index contributed by atoms with van der Waals surface area (Å²) in [7, 11) is 0. The highest BCUT2D eigenvalue weighted by Gasteiger charge is 2.12. The van der Waals surface area contributed by atoms with Crippen molar-refractivity contribution in [3.8, 4) is 17.9 Å². The van der Waals surface area contributed by atoms with Crippen LogP contribution in [0, 0.1) is 28.6 Å². The van der Waals surface area contributed by atoms with Crippen molar-refractivity contribution in [1.29, 1.82) is 5.26 Å². The van der Waals surface area contributed by atoms with E-state index in [4.69, 9.17) is 5.26 Å². The second kappa shape index (κ2) is 6.02. The van der Waals surface area contributed by atoms with E-state index < -0.39 is 0 Å². The maximum atomic E-state index is 8.82. The fourth-order valence-electron chi connectivity index (χ4n) is 1.19. The number of nitrogens with one attached hydrogen (secondary N) is 1. The van der Waals surface area contributed by atoms with Gasteiger partial charge in [0.2, 0.25) is 5.82 Å². The molecule has 1 heterocycles. The van der Waals surface area contributed by atoms with E-state index in [1.807, 2.05) is 13.0 Å². The van der Waals surface area contributed by atoms with Gasteiger partial charge < -0.3 is 5.32 Å². The normalized spacial score (nSPS) is 10.2. The number of aromatic nitrogens is 2. The van der Waals surface area contributed by atoms with Gasteiger partial charge in [-0.1, -0.05) is 39.5 Å². The van der Waals surface area contributed by atoms with E-state index in [-0.39, 0.29) is 11.2 Å². The summed E-state index contributed by atoms with van der Waals surface area (Å²) in [6.07, 6.45) is 2.37. The van der Waals surface area contributed by atoms with Crippen LogP contribution in [0.15, 0.2) is 6.20 Å². The van der Waals surface area contributed by atoms with Crippen LogP contribution in [0.2, 0.25) is 0 Å². The van der Waals surface area contributed by atoms with Crippen LogP contribution in [0.25, 0.3) is 0 Å². The molecule has 0 aliphatic carbocycles. The minimum Gasteiger partial charge on any atom is -0.368 e. The lowest BCUT2D eigenvalue weighted by atomic mass is 9.97. The first-order valence-corrected chi connectivity index (χ1v) is 5.96. The predicted octanol–water partition coefficient (Wildman–Crippen LogP) is 2.57. The van der Waals surface area contributed by atoms with Gasteiger partial charge in [-0.3, -0.25) is 0 Å². The third kappa shape index (κ3) is 4.43. The molecular weight excluding hydrogens is 224 g/mol. The molecule has 0 saturated carbocycles. The van der Waals surface area contributed by atoms with Crippen LogP contribution in [0.3, 0.4) is 0 Å². The van der Waals surface area contributed by atoms with Crippen molar-refractivity contribution in [3.05, 3.63) is 17.6 Å². The Morgan fingerprint density at radius 1 is 1.39 bits per heavy atom. The van der Waals surface area contributed by atoms with Crippen LogP contribution in [-0.4, -0.2) is 16.5 Å². The van der Waals surface area contributed by atoms with Crippen molar-refractivity contribution in [2.75, 3.05) is 11.9 Å². The van der Waals surface area contributed by atoms with Crippen molar-refractivity contribution in [3.63, 3.8) is 0 Å². The standard InChI is InChI=1S/C14H18N4/c1-5-6-7-11-9-16-12(8-15)18-13(11)17-10-14(2,3)4/h9H,5,10H2,1-4H3,(H,16,17,18). The molecule has 0 unspecified atom stereocenters. The van der Waals surface area contributed by atoms with E-state index in [1.165, 1.54) is 0 Å². The molecule has 94 valence electrons. The van der Waals surface area contributed by atoms with Crippen molar-refractivity contribution in [2.45, 2.75) is 34.1 Å². The van der Waals surface area contributed by atoms with Gasteiger partial charge in [-0.25, -0.2) is 9.97 Å². The Bertz CT molecular complexity index is 509. The number of rotatable bonds is 2. The van der Waals surface area contributed by atoms with Gasteiger partial charge >= 0.3 is 0 Å². The molecule has 0 bridgehead atoms. The van der Waals surface area contributed by atoms with Gasteiger partial charge in [0.1, 0.15) is 11.9 Å². The van der Waals surface area contributed by atoms with Crippen LogP contribution in [0.4, 0.5) is 5.82 Å². The van der Waals surface area contributed by atoms with Crippen LogP contribution in [0.5, 0.6) is 0 Å². The van der Waals surface area contributed by atoms with Crippen LogP contribution >= 0.6 is 0 Å². The van der Waals surface area contributed by atoms with E-state index >= 15 is 0 Å². The minimum atomic E-state index is 0.132. The topological polar surface area (TPSA) is 61.6 Å². The average Bonchev–Trinajstić information content (AvgIpc) is 2.33. The summed E-state index contributed by atoms with van der Waals surface area (Å²) in [6, 6.07) is 1.94. The second-order valence-corrected chi connectivity index (χ2v) is 5.14. The third-order valence-electron chi connectivity index (χ3n) is 2.07. The number of hydrogen-bond acceptors (Lipinski definition) is 4. The summed E-state index contributed by atoms with van der Waals surface area (Å²) in [6.45, 7) is 9.13. The smallest absolute Gasteiger partial charge is 0.234 e. The van der Waals surface area contributed by atoms with Gasteiger partial charge in [-0.15, -0.1) is 0 Å². The highest BCUT2D eigenvalue weighted by atomic mass is 15.0. The van der Waals surface area contributed by atoms with E-state index in [1.54, 1.807) is 6.20 Å². The maximum absolute atomic E-state index is 8.82. The highest BCUT2D eigenvalue weighted by molar-refractivity contribution is 5.53. The molecule has 1 N–H and O–H groups in total. The monoisotopic (exact) mass is 242 g/mol. The fraction of sp³-hybridized carbons (Fsp3) is 0.500. The van der Waals surface area contributed by atoms with Crippen LogP contribution in [0.1, 0.15) is 45.5 Å². The molecule has 0 amide bonds. The Kier molecular flexibility index (Phi) is 4.68. The van der Waals surface area contributed by atoms with Crippen molar-refractivity contribution < 1.29 is 0 Å². The first kappa shape index (κ1) is 14.0. The SMILES string of the molecule is CCC#Cc1cnc(C#N)nc1NCC(C)(C)C. The van der Waals surface area contributed by atoms with Gasteiger partial charge in [0.15, 0.2) is 0 Å². The van der Waals surface area contributed by atoms with Gasteiger partial charge in [-0.2, -0.15) is 5.26 Å². The van der Waals surface area contributed by atoms with Gasteiger partial charge in [0.05, 0.1) is 5.56 Å². The third-order valence-corrected chi connectivity index (χ3v) is 2.07. The van der Waals surface area contributed by atoms with E-state index in [0.717, 1.165) is 18.5 Å². The van der Waals surface area contributed by atoms with E-state index in [2.05, 4.69) is 47.9 Å². The maximum Gasteiger partial charge on any atom is 0.234 e. The Morgan fingerprint density at radius 2 is 2.11 bits per heavy atom. The largest absolute Gasteiger partial charge is 0.368 e. The molecule has 1 aromatic rings. The molecule has 0 aromatic carbocycles. The van der Waals surface area contributed by atoms with Gasteiger partial charge in [-0.05, 0) is 5.41 Å². The quantitative estimate of drug-likeness (QED) is 0.810. The molecule has 18 heavy (non-hydrogen) atoms. The summed E-state index contributed by atoms with van der Waals surface area (Å²) in [5, 5.41) is 12.1. The number of anilines is 1. The average molecular weight is 242 g/mol. The zero-order valence-corrected chi connectivity index (χ0v) is 11.3. The molecule has 0 atom stereocenters. The van der Waals surface area contributed by atoms with Crippen LogP contribution < -0.4 is 5.32 Å². The number of nitriles is 1. The summed E-state index contributed by atoms with van der Waals surface area (Å²) >= 11 is 0. The Hall–Kier alpha value is -2.07. The summed E-state index contributed by atoms with van der Waals surface area (Å²) < 4.78 is 0. The Balaban J connectivity index is 3.01. The predicted molar refractivity (Wildman–Crippen MR) is 71.9 cm³/mol. The highest BCUT2D eigenvalue weighted by Crippen LogP contribution is 2.16. The number of hydrogen-bond donors (Lipinski definition) is 1. The molecule has 4 nitrogen and oxygen atoms in total. The van der Waals surface area contributed by atoms with E-state index in [0.29, 0.717) is 5.82 Å². The summed E-state index contributed by atoms with van der Waals surface area (Å²) in [5.74, 6) is 6.79. The molecule has 1 aromatic heterocycles. The lowest BCUT2D eigenvalue weighted by molar-refractivity contribution is 0.442. The minimum absolute atomic E-state index is 0.132. The summed E-state index contributed by atoms with van der Waals surface area (Å²) in [5.41, 5.74) is 0.868. The molecular formula is C14H18N4. The zero-order valence-electron chi connectivity index (χ0n) is 11.3. The van der Waals surface area contributed by atoms with Crippen LogP contribution in [-0.2, 0) is 0 Å². The molecule has 4 heteroatoms.